The van der Waals surface area contributed by atoms with Gasteiger partial charge in [-0.25, -0.2) is 0 Å². The molecule has 3 rings (SSSR count). The van der Waals surface area contributed by atoms with Gasteiger partial charge in [-0.15, -0.1) is 10.2 Å². The lowest BCUT2D eigenvalue weighted by molar-refractivity contribution is 0.181. The Bertz CT molecular complexity index is 394. The molecule has 2 fully saturated rings. The Morgan fingerprint density at radius 1 is 1.35 bits per heavy atom. The fourth-order valence-electron chi connectivity index (χ4n) is 3.34. The maximum atomic E-state index is 9.27. The van der Waals surface area contributed by atoms with Gasteiger partial charge < -0.3 is 14.4 Å². The van der Waals surface area contributed by atoms with Crippen molar-refractivity contribution in [1.82, 2.24) is 14.8 Å². The molecule has 5 heteroatoms. The Balaban J connectivity index is 1.81. The lowest BCUT2D eigenvalue weighted by Crippen LogP contribution is -2.12. The quantitative estimate of drug-likeness (QED) is 0.827. The Kier molecular flexibility index (Phi) is 2.88. The molecule has 0 amide bonds. The van der Waals surface area contributed by atoms with Gasteiger partial charge in [0.05, 0.1) is 6.61 Å². The molecule has 2 saturated carbocycles. The van der Waals surface area contributed by atoms with Gasteiger partial charge in [-0.3, -0.25) is 0 Å². The van der Waals surface area contributed by atoms with Crippen LogP contribution in [0, 0.1) is 11.8 Å². The normalized spacial score (nSPS) is 30.6. The molecule has 2 unspecified atom stereocenters. The van der Waals surface area contributed by atoms with Crippen molar-refractivity contribution in [1.29, 1.82) is 0 Å². The number of aliphatic hydroxyl groups excluding tert-OH is 1. The van der Waals surface area contributed by atoms with Gasteiger partial charge in [0.15, 0.2) is 5.82 Å². The van der Waals surface area contributed by atoms with Crippen LogP contribution in [0.25, 0.3) is 0 Å². The summed E-state index contributed by atoms with van der Waals surface area (Å²) in [6.07, 6.45) is 4.03. The number of ether oxygens (including phenoxy) is 1. The maximum absolute atomic E-state index is 9.27. The Morgan fingerprint density at radius 2 is 2.12 bits per heavy atom. The molecule has 0 bridgehead atoms. The van der Waals surface area contributed by atoms with Crippen LogP contribution in [0.5, 0.6) is 0 Å². The third kappa shape index (κ3) is 1.77. The van der Waals surface area contributed by atoms with Gasteiger partial charge in [0.1, 0.15) is 12.4 Å². The SMILES string of the molecule is COCCn1c(CO)nnc1C1C2CCCC21. The zero-order valence-electron chi connectivity index (χ0n) is 10.2. The monoisotopic (exact) mass is 237 g/mol. The van der Waals surface area contributed by atoms with E-state index in [0.717, 1.165) is 24.2 Å². The van der Waals surface area contributed by atoms with Crippen LogP contribution < -0.4 is 0 Å². The van der Waals surface area contributed by atoms with Crippen LogP contribution >= 0.6 is 0 Å². The van der Waals surface area contributed by atoms with Crippen molar-refractivity contribution in [2.75, 3.05) is 13.7 Å². The van der Waals surface area contributed by atoms with Crippen LogP contribution in [0.4, 0.5) is 0 Å². The topological polar surface area (TPSA) is 60.2 Å². The summed E-state index contributed by atoms with van der Waals surface area (Å²) in [4.78, 5) is 0. The summed E-state index contributed by atoms with van der Waals surface area (Å²) < 4.78 is 7.15. The number of aliphatic hydroxyl groups is 1. The van der Waals surface area contributed by atoms with E-state index in [1.807, 2.05) is 4.57 Å². The van der Waals surface area contributed by atoms with Gasteiger partial charge in [0.25, 0.3) is 0 Å². The summed E-state index contributed by atoms with van der Waals surface area (Å²) in [5, 5.41) is 17.6. The Labute approximate surface area is 101 Å². The number of hydrogen-bond acceptors (Lipinski definition) is 4. The van der Waals surface area contributed by atoms with E-state index in [1.165, 1.54) is 19.3 Å². The van der Waals surface area contributed by atoms with Crippen molar-refractivity contribution in [2.24, 2.45) is 11.8 Å². The first-order valence-electron chi connectivity index (χ1n) is 6.38. The number of hydrogen-bond donors (Lipinski definition) is 1. The molecule has 2 atom stereocenters. The average Bonchev–Trinajstić information content (AvgIpc) is 2.76. The van der Waals surface area contributed by atoms with Crippen molar-refractivity contribution in [3.63, 3.8) is 0 Å². The molecular weight excluding hydrogens is 218 g/mol. The minimum Gasteiger partial charge on any atom is -0.388 e. The van der Waals surface area contributed by atoms with Gasteiger partial charge >= 0.3 is 0 Å². The number of fused-ring (bicyclic) bond motifs is 1. The van der Waals surface area contributed by atoms with Gasteiger partial charge in [-0.1, -0.05) is 6.42 Å². The lowest BCUT2D eigenvalue weighted by Gasteiger charge is -2.09. The molecule has 1 aromatic heterocycles. The van der Waals surface area contributed by atoms with Gasteiger partial charge in [-0.05, 0) is 24.7 Å². The van der Waals surface area contributed by atoms with Crippen molar-refractivity contribution in [2.45, 2.75) is 38.3 Å². The van der Waals surface area contributed by atoms with E-state index in [1.54, 1.807) is 7.11 Å². The predicted octanol–water partition coefficient (Wildman–Crippen LogP) is 0.930. The largest absolute Gasteiger partial charge is 0.388 e. The first-order chi connectivity index (χ1) is 8.36. The van der Waals surface area contributed by atoms with Crippen molar-refractivity contribution < 1.29 is 9.84 Å². The summed E-state index contributed by atoms with van der Waals surface area (Å²) >= 11 is 0. The minimum atomic E-state index is -0.0429. The fourth-order valence-corrected chi connectivity index (χ4v) is 3.34. The number of rotatable bonds is 5. The second-order valence-corrected chi connectivity index (χ2v) is 5.06. The first kappa shape index (κ1) is 11.2. The van der Waals surface area contributed by atoms with E-state index >= 15 is 0 Å². The highest BCUT2D eigenvalue weighted by atomic mass is 16.5. The predicted molar refractivity (Wildman–Crippen MR) is 61.4 cm³/mol. The minimum absolute atomic E-state index is 0.0429. The second-order valence-electron chi connectivity index (χ2n) is 5.06. The van der Waals surface area contributed by atoms with Crippen molar-refractivity contribution in [3.05, 3.63) is 11.6 Å². The van der Waals surface area contributed by atoms with E-state index in [2.05, 4.69) is 10.2 Å². The zero-order chi connectivity index (χ0) is 11.8. The van der Waals surface area contributed by atoms with Crippen LogP contribution in [0.15, 0.2) is 0 Å². The van der Waals surface area contributed by atoms with Crippen LogP contribution in [0.3, 0.4) is 0 Å². The number of aromatic nitrogens is 3. The third-order valence-corrected chi connectivity index (χ3v) is 4.22. The summed E-state index contributed by atoms with van der Waals surface area (Å²) in [5.41, 5.74) is 0. The summed E-state index contributed by atoms with van der Waals surface area (Å²) in [6, 6.07) is 0. The lowest BCUT2D eigenvalue weighted by atomic mass is 10.1. The Morgan fingerprint density at radius 3 is 2.76 bits per heavy atom. The summed E-state index contributed by atoms with van der Waals surface area (Å²) in [6.45, 7) is 1.34. The van der Waals surface area contributed by atoms with Crippen LogP contribution in [0.1, 0.15) is 36.8 Å². The van der Waals surface area contributed by atoms with Gasteiger partial charge in [-0.2, -0.15) is 0 Å². The standard InChI is InChI=1S/C12H19N3O2/c1-17-6-5-15-10(7-16)13-14-12(15)11-8-3-2-4-9(8)11/h8-9,11,16H,2-7H2,1H3. The first-order valence-corrected chi connectivity index (χ1v) is 6.38. The zero-order valence-corrected chi connectivity index (χ0v) is 10.2. The molecule has 2 aliphatic carbocycles. The van der Waals surface area contributed by atoms with Crippen LogP contribution in [0.2, 0.25) is 0 Å². The second kappa shape index (κ2) is 4.38. The molecule has 1 heterocycles. The molecule has 5 nitrogen and oxygen atoms in total. The average molecular weight is 237 g/mol. The van der Waals surface area contributed by atoms with Crippen molar-refractivity contribution in [3.8, 4) is 0 Å². The van der Waals surface area contributed by atoms with Crippen LogP contribution in [-0.2, 0) is 17.9 Å². The molecule has 0 aliphatic heterocycles. The van der Waals surface area contributed by atoms with E-state index < -0.39 is 0 Å². The highest BCUT2D eigenvalue weighted by Crippen LogP contribution is 2.62. The van der Waals surface area contributed by atoms with Crippen molar-refractivity contribution >= 4 is 0 Å². The van der Waals surface area contributed by atoms with E-state index in [0.29, 0.717) is 18.3 Å². The molecule has 0 aromatic carbocycles. The molecule has 0 radical (unpaired) electrons. The number of methoxy groups -OCH3 is 1. The highest BCUT2D eigenvalue weighted by Gasteiger charge is 2.55. The van der Waals surface area contributed by atoms with Gasteiger partial charge in [0, 0.05) is 19.6 Å². The van der Waals surface area contributed by atoms with E-state index in [9.17, 15) is 5.11 Å². The van der Waals surface area contributed by atoms with Gasteiger partial charge in [0.2, 0.25) is 0 Å². The summed E-state index contributed by atoms with van der Waals surface area (Å²) in [7, 11) is 1.69. The fraction of sp³-hybridized carbons (Fsp3) is 0.833. The Hall–Kier alpha value is -0.940. The molecule has 1 N–H and O–H groups in total. The molecule has 17 heavy (non-hydrogen) atoms. The maximum Gasteiger partial charge on any atom is 0.158 e. The van der Waals surface area contributed by atoms with Crippen LogP contribution in [-0.4, -0.2) is 33.6 Å². The van der Waals surface area contributed by atoms with E-state index in [-0.39, 0.29) is 6.61 Å². The molecular formula is C12H19N3O2. The third-order valence-electron chi connectivity index (χ3n) is 4.22. The molecule has 1 aromatic rings. The smallest absolute Gasteiger partial charge is 0.158 e. The van der Waals surface area contributed by atoms with E-state index in [4.69, 9.17) is 4.74 Å². The molecule has 0 spiro atoms. The summed E-state index contributed by atoms with van der Waals surface area (Å²) in [5.74, 6) is 3.98. The number of nitrogens with zero attached hydrogens (tertiary/aromatic N) is 3. The molecule has 0 saturated heterocycles. The molecule has 94 valence electrons. The highest BCUT2D eigenvalue weighted by molar-refractivity contribution is 5.19. The molecule has 2 aliphatic rings.